The number of likely N-dealkylation sites (N-methyl/N-ethyl adjacent to an activating group) is 1. The third kappa shape index (κ3) is 2.61. The lowest BCUT2D eigenvalue weighted by Gasteiger charge is -2.29. The molecule has 4 rings (SSSR count). The maximum absolute atomic E-state index is 4.63. The Kier molecular flexibility index (Phi) is 4.05. The summed E-state index contributed by atoms with van der Waals surface area (Å²) in [7, 11) is 2.16. The zero-order chi connectivity index (χ0) is 16.7. The van der Waals surface area contributed by atoms with Crippen molar-refractivity contribution in [2.45, 2.75) is 23.8 Å². The molecule has 0 N–H and O–H groups in total. The summed E-state index contributed by atoms with van der Waals surface area (Å²) >= 11 is 3.34. The van der Waals surface area contributed by atoms with Gasteiger partial charge >= 0.3 is 0 Å². The molecule has 2 aromatic heterocycles. The van der Waals surface area contributed by atoms with Crippen LogP contribution in [0.2, 0.25) is 0 Å². The molecule has 0 amide bonds. The highest BCUT2D eigenvalue weighted by atomic mass is 32.2. The lowest BCUT2D eigenvalue weighted by molar-refractivity contribution is 0.638. The molecule has 0 bridgehead atoms. The highest BCUT2D eigenvalue weighted by Crippen LogP contribution is 2.36. The summed E-state index contributed by atoms with van der Waals surface area (Å²) in [5.74, 6) is 0.996. The molecule has 0 saturated heterocycles. The molecule has 0 spiro atoms. The van der Waals surface area contributed by atoms with Crippen LogP contribution in [0.3, 0.4) is 0 Å². The van der Waals surface area contributed by atoms with Crippen molar-refractivity contribution >= 4 is 45.0 Å². The Bertz CT molecular complexity index is 878. The van der Waals surface area contributed by atoms with Crippen molar-refractivity contribution in [2.24, 2.45) is 0 Å². The second-order valence-corrected chi connectivity index (χ2v) is 8.07. The lowest BCUT2D eigenvalue weighted by Crippen LogP contribution is -2.38. The van der Waals surface area contributed by atoms with Crippen molar-refractivity contribution in [3.05, 3.63) is 36.2 Å². The lowest BCUT2D eigenvalue weighted by atomic mass is 10.1. The maximum atomic E-state index is 4.63. The topological polar surface area (TPSA) is 45.2 Å². The number of para-hydroxylation sites is 1. The quantitative estimate of drug-likeness (QED) is 0.652. The van der Waals surface area contributed by atoms with Crippen LogP contribution in [0.4, 0.5) is 11.5 Å². The Hall–Kier alpha value is -1.86. The van der Waals surface area contributed by atoms with Crippen molar-refractivity contribution in [1.82, 2.24) is 15.0 Å². The standard InChI is InChI=1S/C17H19N5S2/c1-11-8-21(2)13-7-5-4-6-12(13)9-22(11)16-14-15(18-10-19-16)20-17(23-3)24-14/h4-7,10-11H,8-9H2,1-3H3. The minimum atomic E-state index is 0.348. The smallest absolute Gasteiger partial charge is 0.176 e. The second kappa shape index (κ2) is 6.22. The van der Waals surface area contributed by atoms with E-state index in [0.29, 0.717) is 6.04 Å². The van der Waals surface area contributed by atoms with Gasteiger partial charge in [-0.15, -0.1) is 11.3 Å². The first kappa shape index (κ1) is 15.7. The monoisotopic (exact) mass is 357 g/mol. The molecule has 0 fully saturated rings. The predicted octanol–water partition coefficient (Wildman–Crippen LogP) is 3.65. The van der Waals surface area contributed by atoms with Gasteiger partial charge in [0.05, 0.1) is 0 Å². The van der Waals surface area contributed by atoms with Crippen LogP contribution in [0.25, 0.3) is 10.3 Å². The molecular weight excluding hydrogens is 338 g/mol. The minimum Gasteiger partial charge on any atom is -0.372 e. The molecule has 7 heteroatoms. The van der Waals surface area contributed by atoms with Crippen LogP contribution in [0, 0.1) is 0 Å². The largest absolute Gasteiger partial charge is 0.372 e. The number of nitrogens with zero attached hydrogens (tertiary/aromatic N) is 5. The number of hydrogen-bond acceptors (Lipinski definition) is 7. The third-order valence-electron chi connectivity index (χ3n) is 4.41. The van der Waals surface area contributed by atoms with Gasteiger partial charge in [0.1, 0.15) is 11.0 Å². The zero-order valence-electron chi connectivity index (χ0n) is 13.9. The first-order valence-electron chi connectivity index (χ1n) is 7.88. The van der Waals surface area contributed by atoms with E-state index in [2.05, 4.69) is 63.0 Å². The first-order valence-corrected chi connectivity index (χ1v) is 9.92. The normalized spacial score (nSPS) is 17.9. The molecule has 3 heterocycles. The maximum Gasteiger partial charge on any atom is 0.176 e. The van der Waals surface area contributed by atoms with Crippen molar-refractivity contribution in [2.75, 3.05) is 29.6 Å². The number of aromatic nitrogens is 3. The number of fused-ring (bicyclic) bond motifs is 2. The summed E-state index contributed by atoms with van der Waals surface area (Å²) in [6, 6.07) is 8.95. The van der Waals surface area contributed by atoms with Crippen LogP contribution in [0.5, 0.6) is 0 Å². The van der Waals surface area contributed by atoms with E-state index < -0.39 is 0 Å². The molecule has 0 aliphatic carbocycles. The Morgan fingerprint density at radius 2 is 2.08 bits per heavy atom. The molecule has 1 aliphatic heterocycles. The van der Waals surface area contributed by atoms with Crippen molar-refractivity contribution in [1.29, 1.82) is 0 Å². The molecule has 1 aromatic carbocycles. The van der Waals surface area contributed by atoms with Crippen LogP contribution < -0.4 is 9.80 Å². The van der Waals surface area contributed by atoms with E-state index >= 15 is 0 Å². The van der Waals surface area contributed by atoms with E-state index in [0.717, 1.165) is 33.6 Å². The van der Waals surface area contributed by atoms with Gasteiger partial charge in [0, 0.05) is 31.9 Å². The molecule has 3 aromatic rings. The van der Waals surface area contributed by atoms with Crippen LogP contribution in [0.15, 0.2) is 34.9 Å². The summed E-state index contributed by atoms with van der Waals surface area (Å²) in [4.78, 5) is 18.3. The van der Waals surface area contributed by atoms with Crippen LogP contribution >= 0.6 is 23.1 Å². The van der Waals surface area contributed by atoms with Crippen molar-refractivity contribution < 1.29 is 0 Å². The van der Waals surface area contributed by atoms with Crippen molar-refractivity contribution in [3.63, 3.8) is 0 Å². The zero-order valence-corrected chi connectivity index (χ0v) is 15.6. The number of anilines is 2. The highest BCUT2D eigenvalue weighted by Gasteiger charge is 2.26. The fourth-order valence-corrected chi connectivity index (χ4v) is 4.77. The fraction of sp³-hybridized carbons (Fsp3) is 0.353. The Morgan fingerprint density at radius 1 is 1.25 bits per heavy atom. The van der Waals surface area contributed by atoms with Gasteiger partial charge in [-0.05, 0) is 24.8 Å². The average molecular weight is 358 g/mol. The van der Waals surface area contributed by atoms with Crippen molar-refractivity contribution in [3.8, 4) is 0 Å². The van der Waals surface area contributed by atoms with Gasteiger partial charge < -0.3 is 9.80 Å². The van der Waals surface area contributed by atoms with E-state index in [-0.39, 0.29) is 0 Å². The third-order valence-corrected chi connectivity index (χ3v) is 6.44. The molecule has 24 heavy (non-hydrogen) atoms. The molecule has 1 aliphatic rings. The molecule has 1 unspecified atom stereocenters. The predicted molar refractivity (Wildman–Crippen MR) is 102 cm³/mol. The summed E-state index contributed by atoms with van der Waals surface area (Å²) in [5.41, 5.74) is 3.42. The molecule has 1 atom stereocenters. The summed E-state index contributed by atoms with van der Waals surface area (Å²) in [5, 5.41) is 0. The van der Waals surface area contributed by atoms with Gasteiger partial charge in [-0.1, -0.05) is 30.0 Å². The van der Waals surface area contributed by atoms with Gasteiger partial charge in [-0.3, -0.25) is 0 Å². The molecule has 5 nitrogen and oxygen atoms in total. The van der Waals surface area contributed by atoms with Gasteiger partial charge in [-0.2, -0.15) is 0 Å². The minimum absolute atomic E-state index is 0.348. The van der Waals surface area contributed by atoms with Crippen LogP contribution in [-0.4, -0.2) is 40.8 Å². The Labute approximate surface area is 149 Å². The number of thiazole rings is 1. The number of thioether (sulfide) groups is 1. The Morgan fingerprint density at radius 3 is 2.92 bits per heavy atom. The molecule has 0 saturated carbocycles. The summed E-state index contributed by atoms with van der Waals surface area (Å²) in [6.45, 7) is 4.06. The van der Waals surface area contributed by atoms with E-state index in [9.17, 15) is 0 Å². The van der Waals surface area contributed by atoms with Gasteiger partial charge in [0.2, 0.25) is 0 Å². The fourth-order valence-electron chi connectivity index (χ4n) is 3.25. The van der Waals surface area contributed by atoms with Gasteiger partial charge in [0.25, 0.3) is 0 Å². The van der Waals surface area contributed by atoms with Gasteiger partial charge in [-0.25, -0.2) is 15.0 Å². The highest BCUT2D eigenvalue weighted by molar-refractivity contribution is 8.00. The van der Waals surface area contributed by atoms with E-state index in [1.807, 2.05) is 6.26 Å². The Balaban J connectivity index is 1.82. The molecular formula is C17H19N5S2. The van der Waals surface area contributed by atoms with E-state index in [1.54, 1.807) is 29.4 Å². The molecule has 0 radical (unpaired) electrons. The average Bonchev–Trinajstić information content (AvgIpc) is 2.98. The van der Waals surface area contributed by atoms with Crippen LogP contribution in [0.1, 0.15) is 12.5 Å². The number of hydrogen-bond donors (Lipinski definition) is 0. The van der Waals surface area contributed by atoms with Crippen LogP contribution in [-0.2, 0) is 6.54 Å². The number of benzene rings is 1. The van der Waals surface area contributed by atoms with E-state index in [1.165, 1.54) is 11.3 Å². The first-order chi connectivity index (χ1) is 11.7. The second-order valence-electron chi connectivity index (χ2n) is 6.02. The molecule has 124 valence electrons. The SMILES string of the molecule is CSc1nc2ncnc(N3Cc4ccccc4N(C)CC3C)c2s1. The summed E-state index contributed by atoms with van der Waals surface area (Å²) in [6.07, 6.45) is 3.68. The van der Waals surface area contributed by atoms with E-state index in [4.69, 9.17) is 0 Å². The summed E-state index contributed by atoms with van der Waals surface area (Å²) < 4.78 is 2.11. The number of rotatable bonds is 2. The van der Waals surface area contributed by atoms with Gasteiger partial charge in [0.15, 0.2) is 15.8 Å².